The van der Waals surface area contributed by atoms with E-state index >= 15 is 0 Å². The van der Waals surface area contributed by atoms with Gasteiger partial charge in [-0.1, -0.05) is 42.0 Å². The number of nitrogens with one attached hydrogen (secondary N) is 3. The Kier molecular flexibility index (Phi) is 6.30. The molecule has 29 heavy (non-hydrogen) atoms. The lowest BCUT2D eigenvalue weighted by Gasteiger charge is -2.33. The molecule has 0 saturated heterocycles. The van der Waals surface area contributed by atoms with E-state index < -0.39 is 24.0 Å². The van der Waals surface area contributed by atoms with E-state index in [4.69, 9.17) is 0 Å². The fraction of sp³-hybridized carbons (Fsp3) is 0.364. The maximum Gasteiger partial charge on any atom is 0.254 e. The van der Waals surface area contributed by atoms with Crippen LogP contribution in [0.1, 0.15) is 28.8 Å². The summed E-state index contributed by atoms with van der Waals surface area (Å²) in [6.45, 7) is 1.49. The lowest BCUT2D eigenvalue weighted by Crippen LogP contribution is -2.64. The van der Waals surface area contributed by atoms with Crippen LogP contribution < -0.4 is 16.0 Å². The molecule has 6 nitrogen and oxygen atoms in total. The van der Waals surface area contributed by atoms with E-state index in [1.54, 1.807) is 12.1 Å². The minimum absolute atomic E-state index is 0.00732. The van der Waals surface area contributed by atoms with Crippen molar-refractivity contribution in [2.75, 3.05) is 20.3 Å². The van der Waals surface area contributed by atoms with Crippen molar-refractivity contribution >= 4 is 11.8 Å². The van der Waals surface area contributed by atoms with Crippen molar-refractivity contribution in [1.82, 2.24) is 16.0 Å². The number of aliphatic hydroxyl groups excluding tert-OH is 1. The van der Waals surface area contributed by atoms with Gasteiger partial charge in [0.05, 0.1) is 12.3 Å². The van der Waals surface area contributed by atoms with Gasteiger partial charge in [-0.15, -0.1) is 0 Å². The number of benzene rings is 2. The Balaban J connectivity index is 1.89. The molecule has 1 atom stereocenters. The second-order valence-electron chi connectivity index (χ2n) is 7.37. The van der Waals surface area contributed by atoms with E-state index in [9.17, 15) is 19.1 Å². The summed E-state index contributed by atoms with van der Waals surface area (Å²) in [5.74, 6) is -1.56. The minimum Gasteiger partial charge on any atom is -0.381 e. The summed E-state index contributed by atoms with van der Waals surface area (Å²) in [5, 5.41) is 17.5. The molecule has 1 fully saturated rings. The third-order valence-corrected chi connectivity index (χ3v) is 5.43. The summed E-state index contributed by atoms with van der Waals surface area (Å²) in [7, 11) is 1.51. The van der Waals surface area contributed by atoms with Crippen LogP contribution in [0, 0.1) is 18.7 Å². The quantitative estimate of drug-likeness (QED) is 0.511. The number of aliphatic hydroxyl groups is 1. The van der Waals surface area contributed by atoms with Crippen LogP contribution >= 0.6 is 0 Å². The van der Waals surface area contributed by atoms with Crippen molar-refractivity contribution in [1.29, 1.82) is 0 Å². The van der Waals surface area contributed by atoms with Crippen LogP contribution in [-0.2, 0) is 4.79 Å². The number of likely N-dealkylation sites (N-methyl/N-ethyl adjacent to an activating group) is 1. The van der Waals surface area contributed by atoms with E-state index in [-0.39, 0.29) is 23.9 Å². The van der Waals surface area contributed by atoms with Gasteiger partial charge in [0.2, 0.25) is 5.91 Å². The fourth-order valence-corrected chi connectivity index (χ4v) is 3.67. The van der Waals surface area contributed by atoms with Crippen molar-refractivity contribution < 1.29 is 19.1 Å². The molecule has 0 aliphatic heterocycles. The standard InChI is InChI=1S/C22H26FN3O3/c1-14-6-8-15(9-7-14)17-4-3-5-18(23)19(17)20(28)25-12-22(26-13-27,16-10-11-16)21(29)24-2/h3-9,16,26-27H,10-13H2,1-2H3,(H,24,29)(H,25,28)/t22-/m0/s1. The highest BCUT2D eigenvalue weighted by Crippen LogP contribution is 2.39. The molecule has 3 rings (SSSR count). The summed E-state index contributed by atoms with van der Waals surface area (Å²) in [6.07, 6.45) is 1.62. The van der Waals surface area contributed by atoms with Gasteiger partial charge in [-0.3, -0.25) is 14.9 Å². The Labute approximate surface area is 169 Å². The molecule has 1 saturated carbocycles. The van der Waals surface area contributed by atoms with Gasteiger partial charge in [0, 0.05) is 13.6 Å². The zero-order valence-corrected chi connectivity index (χ0v) is 16.6. The first-order valence-corrected chi connectivity index (χ1v) is 9.64. The maximum absolute atomic E-state index is 14.6. The van der Waals surface area contributed by atoms with Crippen molar-refractivity contribution in [3.63, 3.8) is 0 Å². The fourth-order valence-electron chi connectivity index (χ4n) is 3.67. The molecule has 0 bridgehead atoms. The first kappa shape index (κ1) is 21.0. The number of hydrogen-bond donors (Lipinski definition) is 4. The molecule has 0 unspecified atom stereocenters. The number of rotatable bonds is 8. The number of hydrogen-bond acceptors (Lipinski definition) is 4. The zero-order chi connectivity index (χ0) is 21.0. The number of halogens is 1. The molecule has 4 N–H and O–H groups in total. The summed E-state index contributed by atoms with van der Waals surface area (Å²) in [6, 6.07) is 12.0. The first-order chi connectivity index (χ1) is 13.9. The van der Waals surface area contributed by atoms with Gasteiger partial charge in [0.25, 0.3) is 5.91 Å². The molecular formula is C22H26FN3O3. The lowest BCUT2D eigenvalue weighted by molar-refractivity contribution is -0.128. The molecule has 7 heteroatoms. The molecule has 154 valence electrons. The van der Waals surface area contributed by atoms with Crippen LogP contribution in [-0.4, -0.2) is 42.8 Å². The van der Waals surface area contributed by atoms with Gasteiger partial charge in [0.15, 0.2) is 0 Å². The molecule has 1 aliphatic rings. The second-order valence-corrected chi connectivity index (χ2v) is 7.37. The third-order valence-electron chi connectivity index (χ3n) is 5.43. The lowest BCUT2D eigenvalue weighted by atomic mass is 9.91. The van der Waals surface area contributed by atoms with Gasteiger partial charge < -0.3 is 15.7 Å². The zero-order valence-electron chi connectivity index (χ0n) is 16.6. The Bertz CT molecular complexity index is 897. The Morgan fingerprint density at radius 1 is 1.17 bits per heavy atom. The molecule has 2 amide bonds. The number of carbonyl (C=O) groups excluding carboxylic acids is 2. The molecule has 1 aliphatic carbocycles. The van der Waals surface area contributed by atoms with Crippen LogP contribution in [0.25, 0.3) is 11.1 Å². The van der Waals surface area contributed by atoms with Crippen LogP contribution in [0.3, 0.4) is 0 Å². The van der Waals surface area contributed by atoms with Crippen LogP contribution in [0.5, 0.6) is 0 Å². The highest BCUT2D eigenvalue weighted by atomic mass is 19.1. The van der Waals surface area contributed by atoms with E-state index in [2.05, 4.69) is 16.0 Å². The van der Waals surface area contributed by atoms with E-state index in [1.165, 1.54) is 13.1 Å². The van der Waals surface area contributed by atoms with E-state index in [1.807, 2.05) is 31.2 Å². The largest absolute Gasteiger partial charge is 0.381 e. The average molecular weight is 399 g/mol. The monoisotopic (exact) mass is 399 g/mol. The van der Waals surface area contributed by atoms with Gasteiger partial charge in [-0.25, -0.2) is 4.39 Å². The smallest absolute Gasteiger partial charge is 0.254 e. The molecular weight excluding hydrogens is 373 g/mol. The highest BCUT2D eigenvalue weighted by Gasteiger charge is 2.50. The number of amides is 2. The summed E-state index contributed by atoms with van der Waals surface area (Å²) >= 11 is 0. The van der Waals surface area contributed by atoms with Gasteiger partial charge in [-0.05, 0) is 42.9 Å². The molecule has 2 aromatic rings. The van der Waals surface area contributed by atoms with Crippen LogP contribution in [0.4, 0.5) is 4.39 Å². The average Bonchev–Trinajstić information content (AvgIpc) is 3.56. The Morgan fingerprint density at radius 2 is 1.86 bits per heavy atom. The van der Waals surface area contributed by atoms with E-state index in [0.717, 1.165) is 24.0 Å². The highest BCUT2D eigenvalue weighted by molar-refractivity contribution is 6.01. The molecule has 0 radical (unpaired) electrons. The van der Waals surface area contributed by atoms with Gasteiger partial charge >= 0.3 is 0 Å². The van der Waals surface area contributed by atoms with Crippen LogP contribution in [0.15, 0.2) is 42.5 Å². The molecule has 0 aromatic heterocycles. The Morgan fingerprint density at radius 3 is 2.45 bits per heavy atom. The molecule has 0 spiro atoms. The second kappa shape index (κ2) is 8.71. The third kappa shape index (κ3) is 4.31. The molecule has 0 heterocycles. The van der Waals surface area contributed by atoms with Crippen molar-refractivity contribution in [2.45, 2.75) is 25.3 Å². The maximum atomic E-state index is 14.6. The van der Waals surface area contributed by atoms with E-state index in [0.29, 0.717) is 5.56 Å². The predicted molar refractivity (Wildman–Crippen MR) is 109 cm³/mol. The number of carbonyl (C=O) groups is 2. The van der Waals surface area contributed by atoms with Crippen molar-refractivity contribution in [2.24, 2.45) is 5.92 Å². The van der Waals surface area contributed by atoms with Crippen LogP contribution in [0.2, 0.25) is 0 Å². The normalized spacial score (nSPS) is 15.4. The summed E-state index contributed by atoms with van der Waals surface area (Å²) < 4.78 is 14.6. The Hall–Kier alpha value is -2.77. The summed E-state index contributed by atoms with van der Waals surface area (Å²) in [5.41, 5.74) is 1.07. The molecule has 2 aromatic carbocycles. The van der Waals surface area contributed by atoms with Crippen molar-refractivity contribution in [3.8, 4) is 11.1 Å². The first-order valence-electron chi connectivity index (χ1n) is 9.64. The topological polar surface area (TPSA) is 90.5 Å². The van der Waals surface area contributed by atoms with Gasteiger partial charge in [-0.2, -0.15) is 0 Å². The minimum atomic E-state index is -1.13. The summed E-state index contributed by atoms with van der Waals surface area (Å²) in [4.78, 5) is 25.5. The number of aryl methyl sites for hydroxylation is 1. The van der Waals surface area contributed by atoms with Gasteiger partial charge in [0.1, 0.15) is 11.4 Å². The SMILES string of the molecule is CNC(=O)[C@@](CNC(=O)c1c(F)cccc1-c1ccc(C)cc1)(NCO)C1CC1. The van der Waals surface area contributed by atoms with Crippen molar-refractivity contribution in [3.05, 3.63) is 59.4 Å². The predicted octanol–water partition coefficient (Wildman–Crippen LogP) is 1.97.